The van der Waals surface area contributed by atoms with E-state index in [1.807, 2.05) is 24.4 Å². The zero-order valence-corrected chi connectivity index (χ0v) is 11.1. The maximum atomic E-state index is 6.01. The summed E-state index contributed by atoms with van der Waals surface area (Å²) in [4.78, 5) is 4.20. The number of hydrogen-bond donors (Lipinski definition) is 2. The molecule has 19 heavy (non-hydrogen) atoms. The van der Waals surface area contributed by atoms with E-state index in [0.717, 1.165) is 35.0 Å². The molecule has 3 N–H and O–H groups in total. The smallest absolute Gasteiger partial charge is 0.0772 e. The fourth-order valence-electron chi connectivity index (χ4n) is 2.91. The van der Waals surface area contributed by atoms with Crippen molar-refractivity contribution >= 4 is 22.1 Å². The van der Waals surface area contributed by atoms with Crippen LogP contribution in [0.15, 0.2) is 30.6 Å². The summed E-state index contributed by atoms with van der Waals surface area (Å²) in [6.07, 6.45) is 7.41. The molecule has 4 heteroatoms. The normalized spacial score (nSPS) is 22.8. The molecule has 0 amide bonds. The second-order valence-electron chi connectivity index (χ2n) is 5.08. The predicted octanol–water partition coefficient (Wildman–Crippen LogP) is 2.80. The number of methoxy groups -OCH3 is 1. The molecule has 1 aliphatic rings. The van der Waals surface area contributed by atoms with Crippen LogP contribution in [0.3, 0.4) is 0 Å². The van der Waals surface area contributed by atoms with Crippen LogP contribution in [0.2, 0.25) is 0 Å². The lowest BCUT2D eigenvalue weighted by atomic mass is 10.1. The minimum Gasteiger partial charge on any atom is -0.398 e. The minimum atomic E-state index is 0.296. The summed E-state index contributed by atoms with van der Waals surface area (Å²) < 4.78 is 5.53. The van der Waals surface area contributed by atoms with Gasteiger partial charge in [-0.3, -0.25) is 4.98 Å². The van der Waals surface area contributed by atoms with Crippen molar-refractivity contribution in [3.8, 4) is 0 Å². The van der Waals surface area contributed by atoms with Crippen LogP contribution in [0.5, 0.6) is 0 Å². The van der Waals surface area contributed by atoms with Gasteiger partial charge in [-0.05, 0) is 37.5 Å². The lowest BCUT2D eigenvalue weighted by molar-refractivity contribution is 0.101. The minimum absolute atomic E-state index is 0.296. The Kier molecular flexibility index (Phi) is 3.25. The number of ether oxygens (including phenoxy) is 1. The third-order valence-electron chi connectivity index (χ3n) is 3.95. The number of nitrogens with zero attached hydrogens (tertiary/aromatic N) is 1. The molecule has 2 unspecified atom stereocenters. The number of nitrogens with one attached hydrogen (secondary N) is 1. The molecule has 0 radical (unpaired) electrons. The summed E-state index contributed by atoms with van der Waals surface area (Å²) in [5, 5.41) is 5.71. The highest BCUT2D eigenvalue weighted by molar-refractivity contribution is 6.00. The molecular weight excluding hydrogens is 238 g/mol. The van der Waals surface area contributed by atoms with Crippen molar-refractivity contribution in [2.45, 2.75) is 31.4 Å². The highest BCUT2D eigenvalue weighted by Crippen LogP contribution is 2.31. The number of pyridine rings is 1. The first-order valence-corrected chi connectivity index (χ1v) is 6.71. The van der Waals surface area contributed by atoms with Crippen molar-refractivity contribution in [3.05, 3.63) is 30.6 Å². The number of hydrogen-bond acceptors (Lipinski definition) is 4. The zero-order chi connectivity index (χ0) is 13.2. The Bertz CT molecular complexity index is 585. The quantitative estimate of drug-likeness (QED) is 0.830. The van der Waals surface area contributed by atoms with E-state index in [0.29, 0.717) is 12.1 Å². The molecular formula is C15H19N3O. The van der Waals surface area contributed by atoms with E-state index in [4.69, 9.17) is 10.5 Å². The van der Waals surface area contributed by atoms with Crippen LogP contribution < -0.4 is 11.1 Å². The highest BCUT2D eigenvalue weighted by Gasteiger charge is 2.27. The van der Waals surface area contributed by atoms with Gasteiger partial charge in [0.05, 0.1) is 12.1 Å². The van der Waals surface area contributed by atoms with Crippen LogP contribution in [0, 0.1) is 0 Å². The molecule has 0 aliphatic heterocycles. The van der Waals surface area contributed by atoms with Gasteiger partial charge in [-0.2, -0.15) is 0 Å². The Balaban J connectivity index is 1.95. The van der Waals surface area contributed by atoms with Gasteiger partial charge in [0.15, 0.2) is 0 Å². The van der Waals surface area contributed by atoms with Gasteiger partial charge in [-0.15, -0.1) is 0 Å². The van der Waals surface area contributed by atoms with Gasteiger partial charge in [0, 0.05) is 41.7 Å². The number of rotatable bonds is 3. The largest absolute Gasteiger partial charge is 0.398 e. The molecule has 1 aliphatic carbocycles. The molecule has 4 nitrogen and oxygen atoms in total. The first-order chi connectivity index (χ1) is 9.29. The summed E-state index contributed by atoms with van der Waals surface area (Å²) in [7, 11) is 1.79. The molecule has 2 aromatic rings. The number of aromatic nitrogens is 1. The van der Waals surface area contributed by atoms with E-state index in [9.17, 15) is 0 Å². The van der Waals surface area contributed by atoms with E-state index in [2.05, 4.69) is 10.3 Å². The van der Waals surface area contributed by atoms with Gasteiger partial charge in [0.1, 0.15) is 0 Å². The standard InChI is InChI=1S/C15H19N3O/c1-19-15-4-2-3-14(15)18-13-6-5-12(16)10-7-8-17-9-11(10)13/h5-9,14-15,18H,2-4,16H2,1H3. The van der Waals surface area contributed by atoms with Gasteiger partial charge in [-0.25, -0.2) is 0 Å². The van der Waals surface area contributed by atoms with Crippen LogP contribution in [0.25, 0.3) is 10.8 Å². The van der Waals surface area contributed by atoms with Gasteiger partial charge >= 0.3 is 0 Å². The van der Waals surface area contributed by atoms with Gasteiger partial charge < -0.3 is 15.8 Å². The summed E-state index contributed by atoms with van der Waals surface area (Å²) in [5.41, 5.74) is 7.89. The number of nitrogen functional groups attached to an aromatic ring is 1. The molecule has 0 saturated heterocycles. The second-order valence-corrected chi connectivity index (χ2v) is 5.08. The molecule has 1 saturated carbocycles. The highest BCUT2D eigenvalue weighted by atomic mass is 16.5. The maximum absolute atomic E-state index is 6.01. The SMILES string of the molecule is COC1CCCC1Nc1ccc(N)c2ccncc12. The van der Waals surface area contributed by atoms with Crippen molar-refractivity contribution in [2.24, 2.45) is 0 Å². The third kappa shape index (κ3) is 2.24. The van der Waals surface area contributed by atoms with Crippen molar-refractivity contribution in [1.82, 2.24) is 4.98 Å². The van der Waals surface area contributed by atoms with Gasteiger partial charge in [0.25, 0.3) is 0 Å². The molecule has 1 aromatic carbocycles. The van der Waals surface area contributed by atoms with E-state index >= 15 is 0 Å². The summed E-state index contributed by atoms with van der Waals surface area (Å²) >= 11 is 0. The molecule has 1 fully saturated rings. The van der Waals surface area contributed by atoms with E-state index in [-0.39, 0.29) is 0 Å². The average molecular weight is 257 g/mol. The fourth-order valence-corrected chi connectivity index (χ4v) is 2.91. The van der Waals surface area contributed by atoms with Crippen LogP contribution in [-0.4, -0.2) is 24.2 Å². The fraction of sp³-hybridized carbons (Fsp3) is 0.400. The monoisotopic (exact) mass is 257 g/mol. The van der Waals surface area contributed by atoms with Crippen LogP contribution in [0.1, 0.15) is 19.3 Å². The number of benzene rings is 1. The second kappa shape index (κ2) is 5.05. The molecule has 0 bridgehead atoms. The van der Waals surface area contributed by atoms with Crippen LogP contribution in [0.4, 0.5) is 11.4 Å². The Morgan fingerprint density at radius 3 is 3.00 bits per heavy atom. The zero-order valence-electron chi connectivity index (χ0n) is 11.1. The Morgan fingerprint density at radius 1 is 1.26 bits per heavy atom. The molecule has 100 valence electrons. The van der Waals surface area contributed by atoms with Crippen molar-refractivity contribution in [1.29, 1.82) is 0 Å². The molecule has 0 spiro atoms. The molecule has 2 atom stereocenters. The maximum Gasteiger partial charge on any atom is 0.0772 e. The Hall–Kier alpha value is -1.81. The number of anilines is 2. The van der Waals surface area contributed by atoms with Gasteiger partial charge in [0.2, 0.25) is 0 Å². The van der Waals surface area contributed by atoms with E-state index in [1.54, 1.807) is 13.3 Å². The van der Waals surface area contributed by atoms with Crippen molar-refractivity contribution < 1.29 is 4.74 Å². The summed E-state index contributed by atoms with van der Waals surface area (Å²) in [6.45, 7) is 0. The lowest BCUT2D eigenvalue weighted by Crippen LogP contribution is -2.29. The third-order valence-corrected chi connectivity index (χ3v) is 3.95. The topological polar surface area (TPSA) is 60.2 Å². The molecule has 1 aromatic heterocycles. The number of nitrogens with two attached hydrogens (primary N) is 1. The summed E-state index contributed by atoms with van der Waals surface area (Å²) in [6, 6.07) is 6.31. The first-order valence-electron chi connectivity index (χ1n) is 6.71. The van der Waals surface area contributed by atoms with Crippen molar-refractivity contribution in [3.63, 3.8) is 0 Å². The number of fused-ring (bicyclic) bond motifs is 1. The Labute approximate surface area is 113 Å². The predicted molar refractivity (Wildman–Crippen MR) is 78.2 cm³/mol. The Morgan fingerprint density at radius 2 is 2.16 bits per heavy atom. The first kappa shape index (κ1) is 12.2. The van der Waals surface area contributed by atoms with Gasteiger partial charge in [-0.1, -0.05) is 0 Å². The van der Waals surface area contributed by atoms with Crippen LogP contribution >= 0.6 is 0 Å². The van der Waals surface area contributed by atoms with Crippen LogP contribution in [-0.2, 0) is 4.74 Å². The van der Waals surface area contributed by atoms with E-state index in [1.165, 1.54) is 6.42 Å². The summed E-state index contributed by atoms with van der Waals surface area (Å²) in [5.74, 6) is 0. The van der Waals surface area contributed by atoms with Crippen molar-refractivity contribution in [2.75, 3.05) is 18.2 Å². The average Bonchev–Trinajstić information content (AvgIpc) is 2.89. The lowest BCUT2D eigenvalue weighted by Gasteiger charge is -2.22. The molecule has 3 rings (SSSR count). The van der Waals surface area contributed by atoms with E-state index < -0.39 is 0 Å². The molecule has 1 heterocycles.